The highest BCUT2D eigenvalue weighted by atomic mass is 79.9. The Bertz CT molecular complexity index is 442. The summed E-state index contributed by atoms with van der Waals surface area (Å²) in [5.41, 5.74) is 0.912. The molecule has 1 aromatic heterocycles. The van der Waals surface area contributed by atoms with Crippen molar-refractivity contribution >= 4 is 33.3 Å². The first-order chi connectivity index (χ1) is 9.24. The van der Waals surface area contributed by atoms with Gasteiger partial charge in [-0.05, 0) is 43.0 Å². The average molecular weight is 345 g/mol. The second-order valence-electron chi connectivity index (χ2n) is 4.91. The summed E-state index contributed by atoms with van der Waals surface area (Å²) in [5.74, 6) is 1.48. The minimum absolute atomic E-state index is 0.470. The van der Waals surface area contributed by atoms with E-state index in [1.807, 2.05) is 4.99 Å². The van der Waals surface area contributed by atoms with Crippen LogP contribution in [0, 0.1) is 5.92 Å². The minimum atomic E-state index is 0.470. The highest BCUT2D eigenvalue weighted by molar-refractivity contribution is 9.11. The molecule has 0 radical (unpaired) electrons. The summed E-state index contributed by atoms with van der Waals surface area (Å²) in [6.07, 6.45) is 9.40. The molecule has 3 nitrogen and oxygen atoms in total. The molecule has 1 saturated carbocycles. The van der Waals surface area contributed by atoms with Crippen LogP contribution in [0.5, 0.6) is 0 Å². The van der Waals surface area contributed by atoms with Crippen molar-refractivity contribution in [2.24, 2.45) is 5.92 Å². The van der Waals surface area contributed by atoms with Crippen LogP contribution in [-0.2, 0) is 6.42 Å². The highest BCUT2D eigenvalue weighted by Gasteiger charge is 2.20. The van der Waals surface area contributed by atoms with E-state index in [0.717, 1.165) is 30.8 Å². The number of aromatic nitrogens is 2. The van der Waals surface area contributed by atoms with E-state index in [2.05, 4.69) is 44.2 Å². The molecule has 0 atom stereocenters. The maximum Gasteiger partial charge on any atom is 0.148 e. The van der Waals surface area contributed by atoms with Crippen molar-refractivity contribution in [1.82, 2.24) is 9.97 Å². The molecule has 1 heterocycles. The van der Waals surface area contributed by atoms with E-state index in [4.69, 9.17) is 11.6 Å². The van der Waals surface area contributed by atoms with Crippen LogP contribution in [0.2, 0.25) is 5.02 Å². The van der Waals surface area contributed by atoms with Crippen LogP contribution in [-0.4, -0.2) is 16.0 Å². The van der Waals surface area contributed by atoms with Crippen molar-refractivity contribution in [1.29, 1.82) is 0 Å². The summed E-state index contributed by atoms with van der Waals surface area (Å²) < 4.78 is 0. The van der Waals surface area contributed by atoms with Gasteiger partial charge in [-0.3, -0.25) is 0 Å². The maximum atomic E-state index is 6.30. The van der Waals surface area contributed by atoms with Crippen LogP contribution in [0.4, 0.5) is 5.82 Å². The van der Waals surface area contributed by atoms with Gasteiger partial charge in [0.25, 0.3) is 0 Å². The van der Waals surface area contributed by atoms with Crippen LogP contribution in [0.3, 0.4) is 0 Å². The zero-order valence-electron chi connectivity index (χ0n) is 11.1. The predicted molar refractivity (Wildman–Crippen MR) is 83.9 cm³/mol. The third-order valence-corrected chi connectivity index (χ3v) is 4.36. The van der Waals surface area contributed by atoms with E-state index in [0.29, 0.717) is 17.0 Å². The zero-order valence-corrected chi connectivity index (χ0v) is 13.4. The fourth-order valence-electron chi connectivity index (χ4n) is 2.51. The largest absolute Gasteiger partial charge is 0.366 e. The number of rotatable bonds is 4. The Hall–Kier alpha value is -0.610. The van der Waals surface area contributed by atoms with Crippen molar-refractivity contribution in [2.75, 3.05) is 5.32 Å². The summed E-state index contributed by atoms with van der Waals surface area (Å²) in [4.78, 5) is 10.4. The molecule has 0 amide bonds. The Balaban J connectivity index is 1.96. The quantitative estimate of drug-likeness (QED) is 0.869. The van der Waals surface area contributed by atoms with Gasteiger partial charge in [0.15, 0.2) is 0 Å². The molecule has 1 aromatic rings. The van der Waals surface area contributed by atoms with Crippen LogP contribution in [0.15, 0.2) is 17.4 Å². The van der Waals surface area contributed by atoms with Gasteiger partial charge in [-0.2, -0.15) is 0 Å². The first kappa shape index (κ1) is 14.8. The Kier molecular flexibility index (Phi) is 5.64. The highest BCUT2D eigenvalue weighted by Crippen LogP contribution is 2.29. The molecule has 1 N–H and O–H groups in total. The fraction of sp³-hybridized carbons (Fsp3) is 0.571. The Morgan fingerprint density at radius 3 is 2.74 bits per heavy atom. The van der Waals surface area contributed by atoms with Gasteiger partial charge in [-0.25, -0.2) is 9.97 Å². The van der Waals surface area contributed by atoms with Gasteiger partial charge in [0.05, 0.1) is 5.69 Å². The number of nitrogens with zero attached hydrogens (tertiary/aromatic N) is 2. The molecule has 0 unspecified atom stereocenters. The van der Waals surface area contributed by atoms with Gasteiger partial charge in [0, 0.05) is 6.04 Å². The summed E-state index contributed by atoms with van der Waals surface area (Å²) in [5, 5.41) is 4.14. The molecule has 5 heteroatoms. The van der Waals surface area contributed by atoms with Gasteiger partial charge in [0.1, 0.15) is 17.2 Å². The summed E-state index contributed by atoms with van der Waals surface area (Å²) >= 11 is 9.65. The molecule has 0 spiro atoms. The smallest absolute Gasteiger partial charge is 0.148 e. The molecule has 1 aliphatic carbocycles. The monoisotopic (exact) mass is 343 g/mol. The Labute approximate surface area is 128 Å². The van der Waals surface area contributed by atoms with Gasteiger partial charge in [-0.15, -0.1) is 0 Å². The molecule has 0 aliphatic heterocycles. The SMILES string of the molecule is CCc1ncnc(NC2CCC(/C=C/Br)CC2)c1Cl. The second kappa shape index (κ2) is 7.25. The average Bonchev–Trinajstić information content (AvgIpc) is 2.43. The number of hydrogen-bond acceptors (Lipinski definition) is 3. The van der Waals surface area contributed by atoms with Gasteiger partial charge in [0.2, 0.25) is 0 Å². The third kappa shape index (κ3) is 3.93. The second-order valence-corrected chi connectivity index (χ2v) is 5.82. The lowest BCUT2D eigenvalue weighted by Crippen LogP contribution is -2.26. The molecule has 2 rings (SSSR count). The number of allylic oxidation sites excluding steroid dienone is 1. The first-order valence-corrected chi connectivity index (χ1v) is 8.06. The lowest BCUT2D eigenvalue weighted by atomic mass is 9.86. The number of halogens is 2. The van der Waals surface area contributed by atoms with Crippen LogP contribution in [0.25, 0.3) is 0 Å². The number of aryl methyl sites for hydroxylation is 1. The number of anilines is 1. The Morgan fingerprint density at radius 2 is 2.11 bits per heavy atom. The molecule has 0 saturated heterocycles. The summed E-state index contributed by atoms with van der Waals surface area (Å²) in [6, 6.07) is 0.470. The first-order valence-electron chi connectivity index (χ1n) is 6.77. The van der Waals surface area contributed by atoms with Crippen molar-refractivity contribution in [3.8, 4) is 0 Å². The van der Waals surface area contributed by atoms with Gasteiger partial charge < -0.3 is 5.32 Å². The third-order valence-electron chi connectivity index (χ3n) is 3.65. The fourth-order valence-corrected chi connectivity index (χ4v) is 3.22. The molecule has 1 fully saturated rings. The van der Waals surface area contributed by atoms with E-state index in [9.17, 15) is 0 Å². The topological polar surface area (TPSA) is 37.8 Å². The normalized spacial score (nSPS) is 23.7. The molecule has 19 heavy (non-hydrogen) atoms. The lowest BCUT2D eigenvalue weighted by molar-refractivity contribution is 0.390. The van der Waals surface area contributed by atoms with Crippen molar-refractivity contribution in [3.63, 3.8) is 0 Å². The van der Waals surface area contributed by atoms with E-state index in [1.165, 1.54) is 12.8 Å². The molecule has 0 bridgehead atoms. The van der Waals surface area contributed by atoms with Gasteiger partial charge >= 0.3 is 0 Å². The number of hydrogen-bond donors (Lipinski definition) is 1. The number of nitrogens with one attached hydrogen (secondary N) is 1. The van der Waals surface area contributed by atoms with E-state index < -0.39 is 0 Å². The predicted octanol–water partition coefficient (Wildman–Crippen LogP) is 4.57. The van der Waals surface area contributed by atoms with E-state index in [1.54, 1.807) is 6.33 Å². The van der Waals surface area contributed by atoms with Gasteiger partial charge in [-0.1, -0.05) is 40.5 Å². The Morgan fingerprint density at radius 1 is 1.37 bits per heavy atom. The van der Waals surface area contributed by atoms with Crippen LogP contribution in [0.1, 0.15) is 38.3 Å². The molecule has 0 aromatic carbocycles. The van der Waals surface area contributed by atoms with Crippen molar-refractivity contribution in [3.05, 3.63) is 28.1 Å². The van der Waals surface area contributed by atoms with Crippen LogP contribution >= 0.6 is 27.5 Å². The van der Waals surface area contributed by atoms with Crippen molar-refractivity contribution in [2.45, 2.75) is 45.1 Å². The molecule has 1 aliphatic rings. The zero-order chi connectivity index (χ0) is 13.7. The molecule has 104 valence electrons. The lowest BCUT2D eigenvalue weighted by Gasteiger charge is -2.28. The summed E-state index contributed by atoms with van der Waals surface area (Å²) in [7, 11) is 0. The summed E-state index contributed by atoms with van der Waals surface area (Å²) in [6.45, 7) is 2.05. The molecular formula is C14H19BrClN3. The minimum Gasteiger partial charge on any atom is -0.366 e. The van der Waals surface area contributed by atoms with Crippen molar-refractivity contribution < 1.29 is 0 Å². The van der Waals surface area contributed by atoms with Crippen LogP contribution < -0.4 is 5.32 Å². The van der Waals surface area contributed by atoms with E-state index in [-0.39, 0.29) is 0 Å². The standard InChI is InChI=1S/C14H19BrClN3/c1-2-12-13(16)14(18-9-17-12)19-11-5-3-10(4-6-11)7-8-15/h7-11H,2-6H2,1H3,(H,17,18,19)/b8-7+. The maximum absolute atomic E-state index is 6.30. The molecular weight excluding hydrogens is 326 g/mol. The van der Waals surface area contributed by atoms with E-state index >= 15 is 0 Å².